The molecule has 1 aliphatic heterocycles. The molecule has 1 saturated heterocycles. The first-order valence-corrected chi connectivity index (χ1v) is 10.2. The number of carbonyl (C=O) groups is 2. The van der Waals surface area contributed by atoms with Gasteiger partial charge in [-0.2, -0.15) is 0 Å². The van der Waals surface area contributed by atoms with Gasteiger partial charge in [0.2, 0.25) is 5.91 Å². The molecule has 3 rings (SSSR count). The normalized spacial score (nSPS) is 15.5. The number of benzene rings is 2. The second kappa shape index (κ2) is 10.1. The maximum atomic E-state index is 12.8. The van der Waals surface area contributed by atoms with Crippen LogP contribution >= 0.6 is 0 Å². The zero-order valence-corrected chi connectivity index (χ0v) is 18.3. The molecule has 8 heteroatoms. The maximum absolute atomic E-state index is 12.8. The number of nitrogens with one attached hydrogen (secondary N) is 1. The lowest BCUT2D eigenvalue weighted by molar-refractivity contribution is -0.117. The molecule has 2 aromatic rings. The maximum Gasteiger partial charge on any atom is 0.251 e. The van der Waals surface area contributed by atoms with Crippen LogP contribution in [0.4, 0.5) is 5.69 Å². The number of anilines is 1. The molecule has 1 N–H and O–H groups in total. The minimum Gasteiger partial charge on any atom is -0.493 e. The van der Waals surface area contributed by atoms with Gasteiger partial charge in [0.05, 0.1) is 33.5 Å². The summed E-state index contributed by atoms with van der Waals surface area (Å²) in [7, 11) is 3.10. The summed E-state index contributed by atoms with van der Waals surface area (Å²) in [6.45, 7) is 5.09. The Morgan fingerprint density at radius 1 is 0.968 bits per heavy atom. The van der Waals surface area contributed by atoms with E-state index in [4.69, 9.17) is 18.9 Å². The predicted octanol–water partition coefficient (Wildman–Crippen LogP) is 3.04. The molecule has 0 saturated carbocycles. The molecule has 31 heavy (non-hydrogen) atoms. The smallest absolute Gasteiger partial charge is 0.251 e. The SMILES string of the molecule is CCOc1ccc(C(=O)NC2CC(=O)N(c3ccc(OC)c(OC)c3)C2)cc1OCC. The second-order valence-corrected chi connectivity index (χ2v) is 6.95. The van der Waals surface area contributed by atoms with E-state index in [0.717, 1.165) is 0 Å². The summed E-state index contributed by atoms with van der Waals surface area (Å²) < 4.78 is 21.7. The number of hydrogen-bond donors (Lipinski definition) is 1. The first-order chi connectivity index (χ1) is 15.0. The van der Waals surface area contributed by atoms with E-state index >= 15 is 0 Å². The van der Waals surface area contributed by atoms with Crippen molar-refractivity contribution in [2.24, 2.45) is 0 Å². The first-order valence-electron chi connectivity index (χ1n) is 10.2. The number of nitrogens with zero attached hydrogens (tertiary/aromatic N) is 1. The molecule has 1 unspecified atom stereocenters. The van der Waals surface area contributed by atoms with E-state index in [1.54, 1.807) is 55.5 Å². The van der Waals surface area contributed by atoms with E-state index in [1.807, 2.05) is 13.8 Å². The largest absolute Gasteiger partial charge is 0.493 e. The van der Waals surface area contributed by atoms with Gasteiger partial charge in [-0.05, 0) is 44.2 Å². The van der Waals surface area contributed by atoms with Crippen molar-refractivity contribution in [2.45, 2.75) is 26.3 Å². The standard InChI is InChI=1S/C23H28N2O6/c1-5-30-19-9-7-15(11-21(19)31-6-2)23(27)24-16-12-22(26)25(14-16)17-8-10-18(28-3)20(13-17)29-4/h7-11,13,16H,5-6,12,14H2,1-4H3,(H,24,27). The fraction of sp³-hybridized carbons (Fsp3) is 0.391. The van der Waals surface area contributed by atoms with Crippen molar-refractivity contribution in [1.29, 1.82) is 0 Å². The molecule has 0 radical (unpaired) electrons. The summed E-state index contributed by atoms with van der Waals surface area (Å²) in [6.07, 6.45) is 0.218. The lowest BCUT2D eigenvalue weighted by Crippen LogP contribution is -2.37. The molecule has 8 nitrogen and oxygen atoms in total. The van der Waals surface area contributed by atoms with Crippen LogP contribution in [0, 0.1) is 0 Å². The quantitative estimate of drug-likeness (QED) is 0.661. The summed E-state index contributed by atoms with van der Waals surface area (Å²) in [5.74, 6) is 1.90. The van der Waals surface area contributed by atoms with Crippen LogP contribution in [0.5, 0.6) is 23.0 Å². The third-order valence-electron chi connectivity index (χ3n) is 4.94. The monoisotopic (exact) mass is 428 g/mol. The van der Waals surface area contributed by atoms with E-state index in [-0.39, 0.29) is 24.3 Å². The molecule has 1 aliphatic rings. The summed E-state index contributed by atoms with van der Waals surface area (Å²) >= 11 is 0. The summed E-state index contributed by atoms with van der Waals surface area (Å²) in [5, 5.41) is 2.94. The van der Waals surface area contributed by atoms with Gasteiger partial charge in [0.25, 0.3) is 5.91 Å². The van der Waals surface area contributed by atoms with Crippen LogP contribution < -0.4 is 29.2 Å². The molecular weight excluding hydrogens is 400 g/mol. The van der Waals surface area contributed by atoms with Crippen LogP contribution in [0.3, 0.4) is 0 Å². The zero-order valence-electron chi connectivity index (χ0n) is 18.3. The lowest BCUT2D eigenvalue weighted by Gasteiger charge is -2.19. The summed E-state index contributed by atoms with van der Waals surface area (Å²) in [5.41, 5.74) is 1.14. The van der Waals surface area contributed by atoms with Gasteiger partial charge in [0.15, 0.2) is 23.0 Å². The Bertz CT molecular complexity index is 946. The van der Waals surface area contributed by atoms with Gasteiger partial charge in [0.1, 0.15) is 0 Å². The highest BCUT2D eigenvalue weighted by atomic mass is 16.5. The number of carbonyl (C=O) groups excluding carboxylic acids is 2. The van der Waals surface area contributed by atoms with Crippen molar-refractivity contribution in [2.75, 3.05) is 38.9 Å². The molecule has 0 aliphatic carbocycles. The van der Waals surface area contributed by atoms with Crippen LogP contribution in [0.2, 0.25) is 0 Å². The Kier molecular flexibility index (Phi) is 7.23. The minimum atomic E-state index is -0.310. The highest BCUT2D eigenvalue weighted by Gasteiger charge is 2.32. The Morgan fingerprint density at radius 2 is 1.65 bits per heavy atom. The Labute approximate surface area is 182 Å². The highest BCUT2D eigenvalue weighted by molar-refractivity contribution is 5.99. The van der Waals surface area contributed by atoms with Crippen molar-refractivity contribution in [3.63, 3.8) is 0 Å². The molecule has 1 fully saturated rings. The third-order valence-corrected chi connectivity index (χ3v) is 4.94. The van der Waals surface area contributed by atoms with E-state index < -0.39 is 0 Å². The molecule has 0 spiro atoms. The van der Waals surface area contributed by atoms with Gasteiger partial charge in [-0.3, -0.25) is 9.59 Å². The van der Waals surface area contributed by atoms with Crippen LogP contribution in [0.25, 0.3) is 0 Å². The lowest BCUT2D eigenvalue weighted by atomic mass is 10.1. The van der Waals surface area contributed by atoms with Gasteiger partial charge in [-0.15, -0.1) is 0 Å². The number of methoxy groups -OCH3 is 2. The number of rotatable bonds is 9. The van der Waals surface area contributed by atoms with Crippen molar-refractivity contribution >= 4 is 17.5 Å². The van der Waals surface area contributed by atoms with Gasteiger partial charge < -0.3 is 29.2 Å². The van der Waals surface area contributed by atoms with E-state index in [0.29, 0.717) is 54.0 Å². The van der Waals surface area contributed by atoms with Crippen LogP contribution in [0.1, 0.15) is 30.6 Å². The van der Waals surface area contributed by atoms with Crippen molar-refractivity contribution < 1.29 is 28.5 Å². The van der Waals surface area contributed by atoms with E-state index in [9.17, 15) is 9.59 Å². The Morgan fingerprint density at radius 3 is 2.32 bits per heavy atom. The van der Waals surface area contributed by atoms with Gasteiger partial charge in [0, 0.05) is 30.3 Å². The molecule has 2 amide bonds. The third kappa shape index (κ3) is 5.02. The van der Waals surface area contributed by atoms with E-state index in [1.165, 1.54) is 0 Å². The topological polar surface area (TPSA) is 86.3 Å². The number of amides is 2. The van der Waals surface area contributed by atoms with E-state index in [2.05, 4.69) is 5.32 Å². The highest BCUT2D eigenvalue weighted by Crippen LogP contribution is 2.33. The first kappa shape index (κ1) is 22.3. The Hall–Kier alpha value is -3.42. The number of hydrogen-bond acceptors (Lipinski definition) is 6. The second-order valence-electron chi connectivity index (χ2n) is 6.95. The molecular formula is C23H28N2O6. The van der Waals surface area contributed by atoms with Gasteiger partial charge in [-0.25, -0.2) is 0 Å². The van der Waals surface area contributed by atoms with Crippen molar-refractivity contribution in [3.05, 3.63) is 42.0 Å². The fourth-order valence-electron chi connectivity index (χ4n) is 3.51. The average Bonchev–Trinajstić information content (AvgIpc) is 3.14. The average molecular weight is 428 g/mol. The summed E-state index contributed by atoms with van der Waals surface area (Å²) in [4.78, 5) is 27.0. The van der Waals surface area contributed by atoms with Crippen molar-refractivity contribution in [3.8, 4) is 23.0 Å². The predicted molar refractivity (Wildman–Crippen MR) is 117 cm³/mol. The molecule has 2 aromatic carbocycles. The van der Waals surface area contributed by atoms with Crippen LogP contribution in [-0.2, 0) is 4.79 Å². The number of ether oxygens (including phenoxy) is 4. The zero-order chi connectivity index (χ0) is 22.4. The molecule has 0 aromatic heterocycles. The fourth-order valence-corrected chi connectivity index (χ4v) is 3.51. The van der Waals surface area contributed by atoms with Crippen molar-refractivity contribution in [1.82, 2.24) is 5.32 Å². The molecule has 1 atom stereocenters. The van der Waals surface area contributed by atoms with Gasteiger partial charge >= 0.3 is 0 Å². The Balaban J connectivity index is 1.71. The molecule has 1 heterocycles. The van der Waals surface area contributed by atoms with Crippen LogP contribution in [-0.4, -0.2) is 51.8 Å². The van der Waals surface area contributed by atoms with Crippen LogP contribution in [0.15, 0.2) is 36.4 Å². The minimum absolute atomic E-state index is 0.0702. The molecule has 0 bridgehead atoms. The molecule has 166 valence electrons. The van der Waals surface area contributed by atoms with Gasteiger partial charge in [-0.1, -0.05) is 0 Å². The summed E-state index contributed by atoms with van der Waals surface area (Å²) in [6, 6.07) is 10.1.